The number of nitrogens with zero attached hydrogens (tertiary/aromatic N) is 1. The fourth-order valence-corrected chi connectivity index (χ4v) is 3.12. The summed E-state index contributed by atoms with van der Waals surface area (Å²) in [6, 6.07) is 13.8. The normalized spacial score (nSPS) is 18.2. The molecule has 0 spiro atoms. The molecule has 0 aliphatic carbocycles. The molecule has 0 radical (unpaired) electrons. The predicted octanol–water partition coefficient (Wildman–Crippen LogP) is 4.90. The SMILES string of the molecule is CC1Cc2ccccc2N(Cc2cccc(C(F)(F)F)c2)C1. The van der Waals surface area contributed by atoms with Crippen molar-refractivity contribution in [2.24, 2.45) is 5.92 Å². The lowest BCUT2D eigenvalue weighted by atomic mass is 9.93. The first kappa shape index (κ1) is 14.9. The lowest BCUT2D eigenvalue weighted by molar-refractivity contribution is -0.137. The third-order valence-electron chi connectivity index (χ3n) is 4.06. The first-order chi connectivity index (χ1) is 10.4. The third-order valence-corrected chi connectivity index (χ3v) is 4.06. The number of alkyl halides is 3. The van der Waals surface area contributed by atoms with Gasteiger partial charge in [-0.2, -0.15) is 13.2 Å². The second-order valence-corrected chi connectivity index (χ2v) is 6.02. The van der Waals surface area contributed by atoms with Gasteiger partial charge in [-0.15, -0.1) is 0 Å². The van der Waals surface area contributed by atoms with E-state index < -0.39 is 11.7 Å². The zero-order chi connectivity index (χ0) is 15.7. The van der Waals surface area contributed by atoms with Crippen molar-refractivity contribution in [1.82, 2.24) is 0 Å². The summed E-state index contributed by atoms with van der Waals surface area (Å²) >= 11 is 0. The highest BCUT2D eigenvalue weighted by Crippen LogP contribution is 2.32. The molecule has 0 aromatic heterocycles. The van der Waals surface area contributed by atoms with Crippen molar-refractivity contribution in [2.45, 2.75) is 26.1 Å². The molecule has 1 nitrogen and oxygen atoms in total. The highest BCUT2D eigenvalue weighted by atomic mass is 19.4. The molecule has 2 aromatic rings. The fourth-order valence-electron chi connectivity index (χ4n) is 3.12. The maximum absolute atomic E-state index is 12.8. The van der Waals surface area contributed by atoms with Crippen LogP contribution in [0.1, 0.15) is 23.6 Å². The van der Waals surface area contributed by atoms with E-state index in [1.54, 1.807) is 6.07 Å². The first-order valence-electron chi connectivity index (χ1n) is 7.42. The summed E-state index contributed by atoms with van der Waals surface area (Å²) in [4.78, 5) is 2.18. The van der Waals surface area contributed by atoms with Crippen LogP contribution in [0.4, 0.5) is 18.9 Å². The maximum Gasteiger partial charge on any atom is 0.416 e. The van der Waals surface area contributed by atoms with E-state index in [0.29, 0.717) is 18.0 Å². The van der Waals surface area contributed by atoms with Crippen LogP contribution in [-0.4, -0.2) is 6.54 Å². The zero-order valence-corrected chi connectivity index (χ0v) is 12.4. The van der Waals surface area contributed by atoms with Gasteiger partial charge in [0.05, 0.1) is 5.56 Å². The van der Waals surface area contributed by atoms with Gasteiger partial charge < -0.3 is 4.90 Å². The Morgan fingerprint density at radius 2 is 1.86 bits per heavy atom. The highest BCUT2D eigenvalue weighted by molar-refractivity contribution is 5.56. The second-order valence-electron chi connectivity index (χ2n) is 6.02. The quantitative estimate of drug-likeness (QED) is 0.762. The number of hydrogen-bond acceptors (Lipinski definition) is 1. The van der Waals surface area contributed by atoms with Crippen LogP contribution in [0.2, 0.25) is 0 Å². The molecule has 0 fully saturated rings. The molecule has 116 valence electrons. The molecule has 1 unspecified atom stereocenters. The van der Waals surface area contributed by atoms with Gasteiger partial charge in [-0.3, -0.25) is 0 Å². The topological polar surface area (TPSA) is 3.24 Å². The maximum atomic E-state index is 12.8. The Balaban J connectivity index is 1.88. The molecule has 0 N–H and O–H groups in total. The van der Waals surface area contributed by atoms with E-state index in [1.165, 1.54) is 17.7 Å². The van der Waals surface area contributed by atoms with Gasteiger partial charge in [0.15, 0.2) is 0 Å². The third kappa shape index (κ3) is 3.11. The van der Waals surface area contributed by atoms with Gasteiger partial charge in [-0.25, -0.2) is 0 Å². The highest BCUT2D eigenvalue weighted by Gasteiger charge is 2.30. The Morgan fingerprint density at radius 3 is 2.64 bits per heavy atom. The summed E-state index contributed by atoms with van der Waals surface area (Å²) in [5.74, 6) is 0.501. The van der Waals surface area contributed by atoms with E-state index in [4.69, 9.17) is 0 Å². The Morgan fingerprint density at radius 1 is 1.09 bits per heavy atom. The summed E-state index contributed by atoms with van der Waals surface area (Å²) in [5.41, 5.74) is 2.52. The standard InChI is InChI=1S/C18H18F3N/c1-13-9-15-6-2-3-8-17(15)22(11-13)12-14-5-4-7-16(10-14)18(19,20)21/h2-8,10,13H,9,11-12H2,1H3. The van der Waals surface area contributed by atoms with E-state index in [2.05, 4.69) is 24.0 Å². The molecule has 0 saturated heterocycles. The summed E-state index contributed by atoms with van der Waals surface area (Å²) < 4.78 is 38.5. The number of rotatable bonds is 2. The molecule has 0 bridgehead atoms. The van der Waals surface area contributed by atoms with Gasteiger partial charge in [-0.05, 0) is 41.7 Å². The Labute approximate surface area is 128 Å². The van der Waals surface area contributed by atoms with Crippen LogP contribution < -0.4 is 4.90 Å². The largest absolute Gasteiger partial charge is 0.416 e. The van der Waals surface area contributed by atoms with Gasteiger partial charge in [0, 0.05) is 18.8 Å². The molecule has 1 heterocycles. The minimum Gasteiger partial charge on any atom is -0.367 e. The minimum absolute atomic E-state index is 0.501. The molecule has 3 rings (SSSR count). The van der Waals surface area contributed by atoms with E-state index in [-0.39, 0.29) is 0 Å². The summed E-state index contributed by atoms with van der Waals surface area (Å²) in [7, 11) is 0. The molecule has 2 aromatic carbocycles. The van der Waals surface area contributed by atoms with Gasteiger partial charge in [0.2, 0.25) is 0 Å². The van der Waals surface area contributed by atoms with E-state index in [1.807, 2.05) is 12.1 Å². The monoisotopic (exact) mass is 305 g/mol. The van der Waals surface area contributed by atoms with Crippen molar-refractivity contribution in [3.8, 4) is 0 Å². The van der Waals surface area contributed by atoms with Crippen molar-refractivity contribution in [1.29, 1.82) is 0 Å². The Kier molecular flexibility index (Phi) is 3.85. The number of benzene rings is 2. The molecule has 0 saturated carbocycles. The van der Waals surface area contributed by atoms with Crippen molar-refractivity contribution < 1.29 is 13.2 Å². The number of para-hydroxylation sites is 1. The van der Waals surface area contributed by atoms with Gasteiger partial charge in [-0.1, -0.05) is 37.3 Å². The number of anilines is 1. The average molecular weight is 305 g/mol. The lowest BCUT2D eigenvalue weighted by Gasteiger charge is -2.35. The second kappa shape index (κ2) is 5.67. The zero-order valence-electron chi connectivity index (χ0n) is 12.4. The van der Waals surface area contributed by atoms with Gasteiger partial charge in [0.25, 0.3) is 0 Å². The molecular weight excluding hydrogens is 287 g/mol. The van der Waals surface area contributed by atoms with Crippen LogP contribution in [0.15, 0.2) is 48.5 Å². The molecule has 4 heteroatoms. The molecule has 1 aliphatic heterocycles. The summed E-state index contributed by atoms with van der Waals surface area (Å²) in [6.07, 6.45) is -3.27. The van der Waals surface area contributed by atoms with Crippen LogP contribution in [0.5, 0.6) is 0 Å². The molecular formula is C18H18F3N. The molecule has 1 aliphatic rings. The van der Waals surface area contributed by atoms with E-state index >= 15 is 0 Å². The average Bonchev–Trinajstić information content (AvgIpc) is 2.46. The Hall–Kier alpha value is -1.97. The van der Waals surface area contributed by atoms with Crippen LogP contribution in [0, 0.1) is 5.92 Å². The Bertz CT molecular complexity index is 663. The van der Waals surface area contributed by atoms with Crippen molar-refractivity contribution in [3.63, 3.8) is 0 Å². The first-order valence-corrected chi connectivity index (χ1v) is 7.42. The minimum atomic E-state index is -4.29. The van der Waals surface area contributed by atoms with E-state index in [9.17, 15) is 13.2 Å². The van der Waals surface area contributed by atoms with Crippen LogP contribution >= 0.6 is 0 Å². The van der Waals surface area contributed by atoms with Crippen LogP contribution in [0.3, 0.4) is 0 Å². The van der Waals surface area contributed by atoms with Gasteiger partial charge >= 0.3 is 6.18 Å². The van der Waals surface area contributed by atoms with Crippen molar-refractivity contribution in [3.05, 3.63) is 65.2 Å². The fraction of sp³-hybridized carbons (Fsp3) is 0.333. The number of hydrogen-bond donors (Lipinski definition) is 0. The van der Waals surface area contributed by atoms with E-state index in [0.717, 1.165) is 24.7 Å². The summed E-state index contributed by atoms with van der Waals surface area (Å²) in [5, 5.41) is 0. The predicted molar refractivity (Wildman–Crippen MR) is 81.8 cm³/mol. The molecule has 1 atom stereocenters. The molecule has 22 heavy (non-hydrogen) atoms. The van der Waals surface area contributed by atoms with Crippen LogP contribution in [-0.2, 0) is 19.1 Å². The summed E-state index contributed by atoms with van der Waals surface area (Å²) in [6.45, 7) is 3.55. The smallest absolute Gasteiger partial charge is 0.367 e. The number of halogens is 3. The molecule has 0 amide bonds. The van der Waals surface area contributed by atoms with Crippen LogP contribution in [0.25, 0.3) is 0 Å². The van der Waals surface area contributed by atoms with Crippen molar-refractivity contribution in [2.75, 3.05) is 11.4 Å². The lowest BCUT2D eigenvalue weighted by Crippen LogP contribution is -2.33. The van der Waals surface area contributed by atoms with Crippen molar-refractivity contribution >= 4 is 5.69 Å². The van der Waals surface area contributed by atoms with Gasteiger partial charge in [0.1, 0.15) is 0 Å². The number of fused-ring (bicyclic) bond motifs is 1.